The van der Waals surface area contributed by atoms with E-state index in [0.717, 1.165) is 12.8 Å². The molecule has 23 heavy (non-hydrogen) atoms. The number of rotatable bonds is 7. The summed E-state index contributed by atoms with van der Waals surface area (Å²) in [7, 11) is 0. The largest absolute Gasteiger partial charge is 0.481 e. The molecular formula is C16H21N3O4. The molecule has 1 aliphatic carbocycles. The first-order valence-electron chi connectivity index (χ1n) is 7.61. The maximum absolute atomic E-state index is 12.1. The molecule has 1 atom stereocenters. The molecular weight excluding hydrogens is 298 g/mol. The summed E-state index contributed by atoms with van der Waals surface area (Å²) in [6.45, 7) is 2.04. The predicted octanol–water partition coefficient (Wildman–Crippen LogP) is 1.81. The first-order valence-corrected chi connectivity index (χ1v) is 7.61. The number of hydrogen-bond acceptors (Lipinski definition) is 3. The van der Waals surface area contributed by atoms with Crippen LogP contribution in [0.15, 0.2) is 24.3 Å². The number of carboxylic acid groups (broad SMARTS) is 1. The Morgan fingerprint density at radius 3 is 2.70 bits per heavy atom. The van der Waals surface area contributed by atoms with Gasteiger partial charge in [0.1, 0.15) is 0 Å². The van der Waals surface area contributed by atoms with Crippen LogP contribution in [0.4, 0.5) is 10.5 Å². The molecule has 1 fully saturated rings. The van der Waals surface area contributed by atoms with E-state index < -0.39 is 5.97 Å². The summed E-state index contributed by atoms with van der Waals surface area (Å²) in [6, 6.07) is 6.60. The second kappa shape index (κ2) is 7.62. The highest BCUT2D eigenvalue weighted by atomic mass is 16.4. The minimum Gasteiger partial charge on any atom is -0.481 e. The van der Waals surface area contributed by atoms with Gasteiger partial charge in [-0.15, -0.1) is 0 Å². The summed E-state index contributed by atoms with van der Waals surface area (Å²) >= 11 is 0. The van der Waals surface area contributed by atoms with E-state index in [1.54, 1.807) is 31.2 Å². The standard InChI is InChI=1S/C16H21N3O4/c1-10(7-14(20)21)9-17-15(22)11-3-2-4-13(8-11)19-16(23)18-12-5-6-12/h2-4,8,10,12H,5-7,9H2,1H3,(H,17,22)(H,20,21)(H2,18,19,23). The molecule has 1 aromatic rings. The lowest BCUT2D eigenvalue weighted by molar-refractivity contribution is -0.137. The monoisotopic (exact) mass is 319 g/mol. The Bertz CT molecular complexity index is 599. The fourth-order valence-electron chi connectivity index (χ4n) is 2.06. The van der Waals surface area contributed by atoms with Gasteiger partial charge >= 0.3 is 12.0 Å². The molecule has 2 rings (SSSR count). The third kappa shape index (κ3) is 5.98. The first kappa shape index (κ1) is 16.8. The van der Waals surface area contributed by atoms with E-state index in [2.05, 4.69) is 16.0 Å². The number of carbonyl (C=O) groups excluding carboxylic acids is 2. The Balaban J connectivity index is 1.86. The zero-order chi connectivity index (χ0) is 16.8. The molecule has 1 aliphatic rings. The molecule has 4 N–H and O–H groups in total. The molecule has 0 radical (unpaired) electrons. The van der Waals surface area contributed by atoms with Crippen molar-refractivity contribution in [3.05, 3.63) is 29.8 Å². The number of benzene rings is 1. The molecule has 0 bridgehead atoms. The van der Waals surface area contributed by atoms with Crippen molar-refractivity contribution < 1.29 is 19.5 Å². The van der Waals surface area contributed by atoms with Crippen molar-refractivity contribution in [2.45, 2.75) is 32.2 Å². The number of amides is 3. The van der Waals surface area contributed by atoms with Gasteiger partial charge in [-0.25, -0.2) is 4.79 Å². The third-order valence-corrected chi connectivity index (χ3v) is 3.43. The van der Waals surface area contributed by atoms with Gasteiger partial charge in [0, 0.05) is 30.3 Å². The number of nitrogens with one attached hydrogen (secondary N) is 3. The summed E-state index contributed by atoms with van der Waals surface area (Å²) in [5, 5.41) is 16.9. The van der Waals surface area contributed by atoms with Gasteiger partial charge in [0.2, 0.25) is 0 Å². The van der Waals surface area contributed by atoms with E-state index in [1.807, 2.05) is 0 Å². The SMILES string of the molecule is CC(CNC(=O)c1cccc(NC(=O)NC2CC2)c1)CC(=O)O. The fourth-order valence-corrected chi connectivity index (χ4v) is 2.06. The predicted molar refractivity (Wildman–Crippen MR) is 85.4 cm³/mol. The van der Waals surface area contributed by atoms with Crippen LogP contribution in [0.5, 0.6) is 0 Å². The lowest BCUT2D eigenvalue weighted by Crippen LogP contribution is -2.31. The highest BCUT2D eigenvalue weighted by molar-refractivity contribution is 5.97. The van der Waals surface area contributed by atoms with Crippen LogP contribution >= 0.6 is 0 Å². The Kier molecular flexibility index (Phi) is 5.56. The zero-order valence-corrected chi connectivity index (χ0v) is 13.0. The van der Waals surface area contributed by atoms with Crippen molar-refractivity contribution >= 4 is 23.6 Å². The molecule has 7 heteroatoms. The van der Waals surface area contributed by atoms with Crippen molar-refractivity contribution in [3.63, 3.8) is 0 Å². The second-order valence-electron chi connectivity index (χ2n) is 5.87. The van der Waals surface area contributed by atoms with Crippen LogP contribution in [0.25, 0.3) is 0 Å². The van der Waals surface area contributed by atoms with Gasteiger partial charge in [-0.1, -0.05) is 13.0 Å². The van der Waals surface area contributed by atoms with E-state index in [0.29, 0.717) is 11.3 Å². The molecule has 7 nitrogen and oxygen atoms in total. The van der Waals surface area contributed by atoms with E-state index in [9.17, 15) is 14.4 Å². The maximum Gasteiger partial charge on any atom is 0.319 e. The van der Waals surface area contributed by atoms with E-state index in [4.69, 9.17) is 5.11 Å². The molecule has 0 saturated heterocycles. The maximum atomic E-state index is 12.1. The van der Waals surface area contributed by atoms with Crippen LogP contribution in [-0.4, -0.2) is 35.6 Å². The number of aliphatic carboxylic acids is 1. The molecule has 124 valence electrons. The second-order valence-corrected chi connectivity index (χ2v) is 5.87. The minimum atomic E-state index is -0.889. The van der Waals surface area contributed by atoms with Crippen molar-refractivity contribution in [2.75, 3.05) is 11.9 Å². The van der Waals surface area contributed by atoms with Crippen molar-refractivity contribution in [3.8, 4) is 0 Å². The fraction of sp³-hybridized carbons (Fsp3) is 0.438. The van der Waals surface area contributed by atoms with Crippen molar-refractivity contribution in [1.82, 2.24) is 10.6 Å². The van der Waals surface area contributed by atoms with Crippen molar-refractivity contribution in [2.24, 2.45) is 5.92 Å². The summed E-state index contributed by atoms with van der Waals surface area (Å²) in [5.74, 6) is -1.34. The van der Waals surface area contributed by atoms with Crippen LogP contribution < -0.4 is 16.0 Å². The van der Waals surface area contributed by atoms with Crippen LogP contribution in [0, 0.1) is 5.92 Å². The average molecular weight is 319 g/mol. The highest BCUT2D eigenvalue weighted by Crippen LogP contribution is 2.19. The van der Waals surface area contributed by atoms with Gasteiger partial charge in [-0.2, -0.15) is 0 Å². The third-order valence-electron chi connectivity index (χ3n) is 3.43. The highest BCUT2D eigenvalue weighted by Gasteiger charge is 2.23. The first-order chi connectivity index (χ1) is 10.9. The Labute approximate surface area is 134 Å². The Morgan fingerprint density at radius 1 is 1.30 bits per heavy atom. The number of carboxylic acids is 1. The van der Waals surface area contributed by atoms with Crippen LogP contribution in [0.3, 0.4) is 0 Å². The molecule has 1 aromatic carbocycles. The summed E-state index contributed by atoms with van der Waals surface area (Å²) in [5.41, 5.74) is 0.950. The van der Waals surface area contributed by atoms with Gasteiger partial charge < -0.3 is 21.1 Å². The smallest absolute Gasteiger partial charge is 0.319 e. The number of urea groups is 1. The van der Waals surface area contributed by atoms with Crippen LogP contribution in [0.1, 0.15) is 36.5 Å². The van der Waals surface area contributed by atoms with Crippen LogP contribution in [-0.2, 0) is 4.79 Å². The van der Waals surface area contributed by atoms with Gasteiger partial charge in [0.25, 0.3) is 5.91 Å². The number of carbonyl (C=O) groups is 3. The minimum absolute atomic E-state index is 0.00319. The molecule has 0 spiro atoms. The topological polar surface area (TPSA) is 108 Å². The Morgan fingerprint density at radius 2 is 2.04 bits per heavy atom. The molecule has 0 aromatic heterocycles. The van der Waals surface area contributed by atoms with E-state index in [-0.39, 0.29) is 36.9 Å². The van der Waals surface area contributed by atoms with Gasteiger partial charge in [0.05, 0.1) is 0 Å². The summed E-state index contributed by atoms with van der Waals surface area (Å²) < 4.78 is 0. The molecule has 0 aliphatic heterocycles. The molecule has 3 amide bonds. The lowest BCUT2D eigenvalue weighted by Gasteiger charge is -2.11. The summed E-state index contributed by atoms with van der Waals surface area (Å²) in [4.78, 5) is 34.4. The number of anilines is 1. The van der Waals surface area contributed by atoms with E-state index in [1.165, 1.54) is 0 Å². The van der Waals surface area contributed by atoms with Gasteiger partial charge in [-0.05, 0) is 37.0 Å². The van der Waals surface area contributed by atoms with E-state index >= 15 is 0 Å². The number of hydrogen-bond donors (Lipinski definition) is 4. The lowest BCUT2D eigenvalue weighted by atomic mass is 10.1. The summed E-state index contributed by atoms with van der Waals surface area (Å²) in [6.07, 6.45) is 2.01. The molecule has 1 unspecified atom stereocenters. The van der Waals surface area contributed by atoms with Gasteiger partial charge in [0.15, 0.2) is 0 Å². The zero-order valence-electron chi connectivity index (χ0n) is 13.0. The van der Waals surface area contributed by atoms with Crippen LogP contribution in [0.2, 0.25) is 0 Å². The normalized spacial score (nSPS) is 14.7. The Hall–Kier alpha value is -2.57. The molecule has 1 saturated carbocycles. The van der Waals surface area contributed by atoms with Gasteiger partial charge in [-0.3, -0.25) is 9.59 Å². The molecule has 0 heterocycles. The average Bonchev–Trinajstić information content (AvgIpc) is 3.28. The quantitative estimate of drug-likeness (QED) is 0.614. The van der Waals surface area contributed by atoms with Crippen molar-refractivity contribution in [1.29, 1.82) is 0 Å².